The van der Waals surface area contributed by atoms with E-state index in [9.17, 15) is 9.90 Å². The van der Waals surface area contributed by atoms with E-state index in [1.54, 1.807) is 0 Å². The molecule has 0 aromatic heterocycles. The summed E-state index contributed by atoms with van der Waals surface area (Å²) in [5, 5.41) is 14.2. The van der Waals surface area contributed by atoms with Gasteiger partial charge < -0.3 is 20.2 Å². The van der Waals surface area contributed by atoms with Gasteiger partial charge in [-0.1, -0.05) is 30.3 Å². The van der Waals surface area contributed by atoms with E-state index in [1.807, 2.05) is 40.1 Å². The van der Waals surface area contributed by atoms with Gasteiger partial charge in [-0.15, -0.1) is 0 Å². The molecule has 1 aromatic rings. The molecular formula is C16H23N3O2. The van der Waals surface area contributed by atoms with E-state index in [-0.39, 0.29) is 6.03 Å². The smallest absolute Gasteiger partial charge is 0.320 e. The number of hydrogen-bond acceptors (Lipinski definition) is 3. The number of nitrogens with one attached hydrogen (secondary N) is 1. The first-order valence-electron chi connectivity index (χ1n) is 7.71. The molecule has 1 aromatic carbocycles. The van der Waals surface area contributed by atoms with Crippen LogP contribution >= 0.6 is 0 Å². The minimum atomic E-state index is -0.913. The minimum absolute atomic E-state index is 0.0607. The van der Waals surface area contributed by atoms with Crippen LogP contribution in [0.2, 0.25) is 0 Å². The van der Waals surface area contributed by atoms with Crippen LogP contribution in [0.15, 0.2) is 30.3 Å². The normalized spacial score (nSPS) is 26.7. The lowest BCUT2D eigenvalue weighted by Crippen LogP contribution is -2.56. The van der Waals surface area contributed by atoms with Crippen molar-refractivity contribution in [2.75, 3.05) is 39.3 Å². The fourth-order valence-corrected chi connectivity index (χ4v) is 3.24. The minimum Gasteiger partial charge on any atom is -0.383 e. The molecule has 2 aliphatic heterocycles. The molecule has 21 heavy (non-hydrogen) atoms. The standard InChI is InChI=1S/C16H23N3O2/c20-15(18-11-8-17-9-12-18)19-10-4-7-16(21,13-19)14-5-2-1-3-6-14/h1-3,5-6,17,21H,4,7-13H2. The second-order valence-corrected chi connectivity index (χ2v) is 5.94. The molecule has 1 unspecified atom stereocenters. The van der Waals surface area contributed by atoms with Crippen molar-refractivity contribution in [3.05, 3.63) is 35.9 Å². The molecule has 0 aliphatic carbocycles. The molecule has 0 saturated carbocycles. The van der Waals surface area contributed by atoms with E-state index in [1.165, 1.54) is 0 Å². The Morgan fingerprint density at radius 2 is 1.81 bits per heavy atom. The second kappa shape index (κ2) is 6.03. The van der Waals surface area contributed by atoms with Crippen LogP contribution in [0, 0.1) is 0 Å². The average Bonchev–Trinajstić information content (AvgIpc) is 2.56. The zero-order valence-electron chi connectivity index (χ0n) is 12.3. The first-order chi connectivity index (χ1) is 10.2. The summed E-state index contributed by atoms with van der Waals surface area (Å²) in [7, 11) is 0. The highest BCUT2D eigenvalue weighted by atomic mass is 16.3. The number of urea groups is 1. The number of piperazine rings is 1. The van der Waals surface area contributed by atoms with E-state index in [4.69, 9.17) is 0 Å². The number of benzene rings is 1. The number of amides is 2. The number of β-amino-alcohol motifs (C(OH)–C–C–N with tert-alkyl or cyclic N) is 1. The highest BCUT2D eigenvalue weighted by molar-refractivity contribution is 5.75. The maximum absolute atomic E-state index is 12.6. The number of nitrogens with zero attached hydrogens (tertiary/aromatic N) is 2. The van der Waals surface area contributed by atoms with E-state index < -0.39 is 5.60 Å². The van der Waals surface area contributed by atoms with Crippen LogP contribution in [0.5, 0.6) is 0 Å². The summed E-state index contributed by atoms with van der Waals surface area (Å²) in [6.45, 7) is 4.32. The molecule has 3 rings (SSSR count). The van der Waals surface area contributed by atoms with Gasteiger partial charge in [0.1, 0.15) is 5.60 Å². The molecule has 1 atom stereocenters. The first kappa shape index (κ1) is 14.4. The van der Waals surface area contributed by atoms with Gasteiger partial charge in [0.2, 0.25) is 0 Å². The summed E-state index contributed by atoms with van der Waals surface area (Å²) in [6.07, 6.45) is 1.55. The Balaban J connectivity index is 1.72. The van der Waals surface area contributed by atoms with Crippen molar-refractivity contribution in [1.29, 1.82) is 0 Å². The summed E-state index contributed by atoms with van der Waals surface area (Å²) < 4.78 is 0. The molecule has 0 bridgehead atoms. The fourth-order valence-electron chi connectivity index (χ4n) is 3.24. The molecule has 2 heterocycles. The molecular weight excluding hydrogens is 266 g/mol. The molecule has 2 saturated heterocycles. The Labute approximate surface area is 125 Å². The van der Waals surface area contributed by atoms with Gasteiger partial charge in [-0.2, -0.15) is 0 Å². The van der Waals surface area contributed by atoms with E-state index in [0.717, 1.165) is 44.7 Å². The number of rotatable bonds is 1. The molecule has 2 amide bonds. The topological polar surface area (TPSA) is 55.8 Å². The monoisotopic (exact) mass is 289 g/mol. The van der Waals surface area contributed by atoms with Crippen LogP contribution in [-0.4, -0.2) is 60.2 Å². The Hall–Kier alpha value is -1.59. The number of likely N-dealkylation sites (tertiary alicyclic amines) is 1. The molecule has 2 aliphatic rings. The quantitative estimate of drug-likeness (QED) is 0.811. The lowest BCUT2D eigenvalue weighted by atomic mass is 9.86. The van der Waals surface area contributed by atoms with Crippen molar-refractivity contribution < 1.29 is 9.90 Å². The van der Waals surface area contributed by atoms with Crippen LogP contribution in [0.1, 0.15) is 18.4 Å². The van der Waals surface area contributed by atoms with Crippen molar-refractivity contribution in [3.63, 3.8) is 0 Å². The summed E-state index contributed by atoms with van der Waals surface area (Å²) in [5.41, 5.74) is -0.00810. The summed E-state index contributed by atoms with van der Waals surface area (Å²) >= 11 is 0. The maximum Gasteiger partial charge on any atom is 0.320 e. The SMILES string of the molecule is O=C(N1CCNCC1)N1CCCC(O)(c2ccccc2)C1. The van der Waals surface area contributed by atoms with Gasteiger partial charge in [-0.25, -0.2) is 4.79 Å². The number of carbonyl (C=O) groups is 1. The van der Waals surface area contributed by atoms with Gasteiger partial charge in [0.25, 0.3) is 0 Å². The van der Waals surface area contributed by atoms with E-state index >= 15 is 0 Å². The zero-order valence-corrected chi connectivity index (χ0v) is 12.3. The largest absolute Gasteiger partial charge is 0.383 e. The van der Waals surface area contributed by atoms with Crippen LogP contribution < -0.4 is 5.32 Å². The van der Waals surface area contributed by atoms with Gasteiger partial charge in [0, 0.05) is 32.7 Å². The highest BCUT2D eigenvalue weighted by Crippen LogP contribution is 2.31. The lowest BCUT2D eigenvalue weighted by molar-refractivity contribution is -0.0275. The Bertz CT molecular complexity index is 488. The van der Waals surface area contributed by atoms with Crippen molar-refractivity contribution in [1.82, 2.24) is 15.1 Å². The van der Waals surface area contributed by atoms with Gasteiger partial charge in [0.05, 0.1) is 6.54 Å². The predicted octanol–water partition coefficient (Wildman–Crippen LogP) is 0.995. The number of piperidine rings is 1. The van der Waals surface area contributed by atoms with Crippen molar-refractivity contribution in [2.24, 2.45) is 0 Å². The van der Waals surface area contributed by atoms with Crippen LogP contribution in [0.4, 0.5) is 4.79 Å². The van der Waals surface area contributed by atoms with Gasteiger partial charge in [-0.05, 0) is 18.4 Å². The van der Waals surface area contributed by atoms with Crippen molar-refractivity contribution >= 4 is 6.03 Å². The average molecular weight is 289 g/mol. The summed E-state index contributed by atoms with van der Waals surface area (Å²) in [6, 6.07) is 9.76. The maximum atomic E-state index is 12.6. The highest BCUT2D eigenvalue weighted by Gasteiger charge is 2.37. The number of hydrogen-bond donors (Lipinski definition) is 2. The third-order valence-corrected chi connectivity index (χ3v) is 4.44. The van der Waals surface area contributed by atoms with Crippen LogP contribution in [-0.2, 0) is 5.60 Å². The van der Waals surface area contributed by atoms with Gasteiger partial charge >= 0.3 is 6.03 Å². The predicted molar refractivity (Wildman–Crippen MR) is 81.0 cm³/mol. The van der Waals surface area contributed by atoms with Crippen LogP contribution in [0.25, 0.3) is 0 Å². The number of carbonyl (C=O) groups excluding carboxylic acids is 1. The molecule has 0 spiro atoms. The summed E-state index contributed by atoms with van der Waals surface area (Å²) in [4.78, 5) is 16.3. The van der Waals surface area contributed by atoms with Crippen molar-refractivity contribution in [3.8, 4) is 0 Å². The third-order valence-electron chi connectivity index (χ3n) is 4.44. The molecule has 0 radical (unpaired) electrons. The van der Waals surface area contributed by atoms with Gasteiger partial charge in [0.15, 0.2) is 0 Å². The lowest BCUT2D eigenvalue weighted by Gasteiger charge is -2.42. The van der Waals surface area contributed by atoms with Gasteiger partial charge in [-0.3, -0.25) is 0 Å². The Morgan fingerprint density at radius 3 is 2.52 bits per heavy atom. The zero-order chi connectivity index (χ0) is 14.7. The summed E-state index contributed by atoms with van der Waals surface area (Å²) in [5.74, 6) is 0. The Kier molecular flexibility index (Phi) is 4.12. The molecule has 114 valence electrons. The Morgan fingerprint density at radius 1 is 1.10 bits per heavy atom. The first-order valence-corrected chi connectivity index (χ1v) is 7.71. The third kappa shape index (κ3) is 3.04. The van der Waals surface area contributed by atoms with E-state index in [2.05, 4.69) is 5.32 Å². The molecule has 5 nitrogen and oxygen atoms in total. The fraction of sp³-hybridized carbons (Fsp3) is 0.562. The molecule has 2 fully saturated rings. The molecule has 5 heteroatoms. The van der Waals surface area contributed by atoms with Crippen LogP contribution in [0.3, 0.4) is 0 Å². The van der Waals surface area contributed by atoms with Crippen molar-refractivity contribution in [2.45, 2.75) is 18.4 Å². The molecule has 2 N–H and O–H groups in total. The number of aliphatic hydroxyl groups is 1. The van der Waals surface area contributed by atoms with E-state index in [0.29, 0.717) is 13.0 Å². The second-order valence-electron chi connectivity index (χ2n) is 5.94.